The molecule has 0 saturated heterocycles. The molecule has 1 aromatic rings. The van der Waals surface area contributed by atoms with Gasteiger partial charge in [0.2, 0.25) is 0 Å². The Labute approximate surface area is 88.7 Å². The minimum absolute atomic E-state index is 0.587. The third kappa shape index (κ3) is 2.38. The quantitative estimate of drug-likeness (QED) is 0.828. The van der Waals surface area contributed by atoms with E-state index in [4.69, 9.17) is 0 Å². The second-order valence-electron chi connectivity index (χ2n) is 3.62. The summed E-state index contributed by atoms with van der Waals surface area (Å²) in [4.78, 5) is 0. The first kappa shape index (κ1) is 9.77. The fourth-order valence-corrected chi connectivity index (χ4v) is 2.67. The lowest BCUT2D eigenvalue weighted by molar-refractivity contribution is 0.748. The molecule has 1 heterocycles. The minimum atomic E-state index is 0.587. The van der Waals surface area contributed by atoms with Gasteiger partial charge in [0.1, 0.15) is 5.82 Å². The van der Waals surface area contributed by atoms with Crippen LogP contribution in [0.15, 0.2) is 18.3 Å². The molecule has 0 aliphatic heterocycles. The summed E-state index contributed by atoms with van der Waals surface area (Å²) in [5.74, 6) is 0.902. The second-order valence-corrected chi connectivity index (χ2v) is 4.76. The predicted molar refractivity (Wildman–Crippen MR) is 60.6 cm³/mol. The zero-order valence-electron chi connectivity index (χ0n) is 8.31. The zero-order chi connectivity index (χ0) is 9.80. The third-order valence-electron chi connectivity index (χ3n) is 2.64. The first-order valence-corrected chi connectivity index (χ1v) is 6.24. The summed E-state index contributed by atoms with van der Waals surface area (Å²) in [5, 5.41) is 12.1. The molecule has 1 saturated carbocycles. The van der Waals surface area contributed by atoms with Crippen molar-refractivity contribution in [2.24, 2.45) is 0 Å². The predicted octanol–water partition coefficient (Wildman–Crippen LogP) is 2.17. The van der Waals surface area contributed by atoms with E-state index in [0.29, 0.717) is 6.04 Å². The molecule has 0 spiro atoms. The number of nitrogens with one attached hydrogen (secondary N) is 1. The summed E-state index contributed by atoms with van der Waals surface area (Å²) in [6, 6.07) is 4.47. The van der Waals surface area contributed by atoms with Crippen LogP contribution in [-0.2, 0) is 0 Å². The largest absolute Gasteiger partial charge is 0.366 e. The van der Waals surface area contributed by atoms with Crippen molar-refractivity contribution in [3.8, 4) is 0 Å². The Bertz CT molecular complexity index is 278. The van der Waals surface area contributed by atoms with Gasteiger partial charge in [-0.15, -0.1) is 5.10 Å². The van der Waals surface area contributed by atoms with E-state index < -0.39 is 0 Å². The third-order valence-corrected chi connectivity index (χ3v) is 3.74. The van der Waals surface area contributed by atoms with Crippen LogP contribution in [0.4, 0.5) is 5.82 Å². The van der Waals surface area contributed by atoms with Gasteiger partial charge in [-0.1, -0.05) is 0 Å². The van der Waals surface area contributed by atoms with Crippen molar-refractivity contribution >= 4 is 17.6 Å². The van der Waals surface area contributed by atoms with Crippen molar-refractivity contribution < 1.29 is 0 Å². The van der Waals surface area contributed by atoms with Gasteiger partial charge in [0.15, 0.2) is 0 Å². The molecule has 1 fully saturated rings. The van der Waals surface area contributed by atoms with E-state index in [9.17, 15) is 0 Å². The first-order valence-electron chi connectivity index (χ1n) is 4.95. The van der Waals surface area contributed by atoms with Crippen LogP contribution in [0.5, 0.6) is 0 Å². The Kier molecular flexibility index (Phi) is 3.24. The van der Waals surface area contributed by atoms with E-state index in [1.807, 2.05) is 23.9 Å². The lowest BCUT2D eigenvalue weighted by Gasteiger charge is -2.12. The molecule has 1 N–H and O–H groups in total. The molecule has 2 atom stereocenters. The smallest absolute Gasteiger partial charge is 0.148 e. The van der Waals surface area contributed by atoms with Gasteiger partial charge in [0.25, 0.3) is 0 Å². The van der Waals surface area contributed by atoms with Gasteiger partial charge in [-0.2, -0.15) is 16.9 Å². The Morgan fingerprint density at radius 2 is 2.43 bits per heavy atom. The summed E-state index contributed by atoms with van der Waals surface area (Å²) in [6.45, 7) is 0. The topological polar surface area (TPSA) is 37.8 Å². The van der Waals surface area contributed by atoms with E-state index in [-0.39, 0.29) is 0 Å². The van der Waals surface area contributed by atoms with Crippen LogP contribution in [-0.4, -0.2) is 27.7 Å². The van der Waals surface area contributed by atoms with Crippen molar-refractivity contribution in [1.82, 2.24) is 10.2 Å². The molecule has 2 unspecified atom stereocenters. The Balaban J connectivity index is 1.88. The first-order chi connectivity index (χ1) is 6.88. The molecule has 0 radical (unpaired) electrons. The average Bonchev–Trinajstić information content (AvgIpc) is 2.67. The van der Waals surface area contributed by atoms with Crippen molar-refractivity contribution in [3.05, 3.63) is 18.3 Å². The van der Waals surface area contributed by atoms with Crippen molar-refractivity contribution in [2.75, 3.05) is 11.6 Å². The number of thioether (sulfide) groups is 1. The molecule has 0 amide bonds. The van der Waals surface area contributed by atoms with E-state index in [0.717, 1.165) is 11.1 Å². The van der Waals surface area contributed by atoms with Crippen molar-refractivity contribution in [2.45, 2.75) is 30.6 Å². The SMILES string of the molecule is CSC1CCC(Nc2cccnn2)C1. The highest BCUT2D eigenvalue weighted by Gasteiger charge is 2.23. The van der Waals surface area contributed by atoms with E-state index in [1.54, 1.807) is 6.20 Å². The average molecular weight is 209 g/mol. The summed E-state index contributed by atoms with van der Waals surface area (Å²) in [7, 11) is 0. The van der Waals surface area contributed by atoms with Gasteiger partial charge >= 0.3 is 0 Å². The number of aromatic nitrogens is 2. The van der Waals surface area contributed by atoms with Gasteiger partial charge in [-0.3, -0.25) is 0 Å². The summed E-state index contributed by atoms with van der Waals surface area (Å²) < 4.78 is 0. The maximum Gasteiger partial charge on any atom is 0.148 e. The molecule has 3 nitrogen and oxygen atoms in total. The second kappa shape index (κ2) is 4.64. The van der Waals surface area contributed by atoms with Crippen LogP contribution in [0.1, 0.15) is 19.3 Å². The molecule has 1 aliphatic carbocycles. The fraction of sp³-hybridized carbons (Fsp3) is 0.600. The van der Waals surface area contributed by atoms with Crippen LogP contribution < -0.4 is 5.32 Å². The summed E-state index contributed by atoms with van der Waals surface area (Å²) in [6.07, 6.45) is 7.71. The van der Waals surface area contributed by atoms with Gasteiger partial charge in [-0.25, -0.2) is 0 Å². The number of nitrogens with zero attached hydrogens (tertiary/aromatic N) is 2. The van der Waals surface area contributed by atoms with E-state index >= 15 is 0 Å². The maximum absolute atomic E-state index is 4.03. The van der Waals surface area contributed by atoms with Crippen LogP contribution in [0.2, 0.25) is 0 Å². The number of hydrogen-bond acceptors (Lipinski definition) is 4. The van der Waals surface area contributed by atoms with Crippen LogP contribution in [0.3, 0.4) is 0 Å². The normalized spacial score (nSPS) is 26.4. The van der Waals surface area contributed by atoms with Crippen molar-refractivity contribution in [1.29, 1.82) is 0 Å². The number of anilines is 1. The van der Waals surface area contributed by atoms with Crippen LogP contribution in [0, 0.1) is 0 Å². The van der Waals surface area contributed by atoms with Gasteiger partial charge in [0.05, 0.1) is 0 Å². The molecule has 1 aliphatic rings. The summed E-state index contributed by atoms with van der Waals surface area (Å²) >= 11 is 1.97. The van der Waals surface area contributed by atoms with Gasteiger partial charge < -0.3 is 5.32 Å². The highest BCUT2D eigenvalue weighted by molar-refractivity contribution is 7.99. The monoisotopic (exact) mass is 209 g/mol. The highest BCUT2D eigenvalue weighted by atomic mass is 32.2. The molecule has 0 bridgehead atoms. The Hall–Kier alpha value is -0.770. The molecule has 1 aromatic heterocycles. The Morgan fingerprint density at radius 3 is 3.07 bits per heavy atom. The highest BCUT2D eigenvalue weighted by Crippen LogP contribution is 2.29. The standard InChI is InChI=1S/C10H15N3S/c1-14-9-5-4-8(7-9)12-10-3-2-6-11-13-10/h2-3,6,8-9H,4-5,7H2,1H3,(H,12,13). The lowest BCUT2D eigenvalue weighted by Crippen LogP contribution is -2.16. The molecule has 14 heavy (non-hydrogen) atoms. The minimum Gasteiger partial charge on any atom is -0.366 e. The van der Waals surface area contributed by atoms with Crippen LogP contribution in [0.25, 0.3) is 0 Å². The lowest BCUT2D eigenvalue weighted by atomic mass is 10.2. The zero-order valence-corrected chi connectivity index (χ0v) is 9.13. The molecular weight excluding hydrogens is 194 g/mol. The molecule has 0 aromatic carbocycles. The van der Waals surface area contributed by atoms with Crippen LogP contribution >= 0.6 is 11.8 Å². The number of rotatable bonds is 3. The molecule has 76 valence electrons. The number of hydrogen-bond donors (Lipinski definition) is 1. The van der Waals surface area contributed by atoms with Gasteiger partial charge in [-0.05, 0) is 37.7 Å². The summed E-state index contributed by atoms with van der Waals surface area (Å²) in [5.41, 5.74) is 0. The Morgan fingerprint density at radius 1 is 1.50 bits per heavy atom. The maximum atomic E-state index is 4.03. The van der Waals surface area contributed by atoms with Crippen molar-refractivity contribution in [3.63, 3.8) is 0 Å². The molecule has 2 rings (SSSR count). The molecule has 4 heteroatoms. The van der Waals surface area contributed by atoms with E-state index in [1.165, 1.54) is 19.3 Å². The fourth-order valence-electron chi connectivity index (χ4n) is 1.87. The van der Waals surface area contributed by atoms with Gasteiger partial charge in [0, 0.05) is 17.5 Å². The molecular formula is C10H15N3S. The van der Waals surface area contributed by atoms with E-state index in [2.05, 4.69) is 21.8 Å².